The van der Waals surface area contributed by atoms with Crippen molar-refractivity contribution in [1.29, 1.82) is 0 Å². The Hall–Kier alpha value is -1.80. The second-order valence-electron chi connectivity index (χ2n) is 5.18. The molecule has 0 aromatic heterocycles. The van der Waals surface area contributed by atoms with Crippen molar-refractivity contribution in [2.24, 2.45) is 0 Å². The lowest BCUT2D eigenvalue weighted by Crippen LogP contribution is -2.41. The van der Waals surface area contributed by atoms with Crippen LogP contribution in [-0.4, -0.2) is 52.1 Å². The van der Waals surface area contributed by atoms with E-state index in [2.05, 4.69) is 10.0 Å². The molecule has 0 atom stereocenters. The number of nitrogens with zero attached hydrogens (tertiary/aromatic N) is 1. The number of benzene rings is 1. The van der Waals surface area contributed by atoms with E-state index in [0.29, 0.717) is 38.5 Å². The van der Waals surface area contributed by atoms with Crippen LogP contribution >= 0.6 is 0 Å². The van der Waals surface area contributed by atoms with E-state index < -0.39 is 10.0 Å². The zero-order chi connectivity index (χ0) is 18.2. The average Bonchev–Trinajstić information content (AvgIpc) is 2.53. The summed E-state index contributed by atoms with van der Waals surface area (Å²) in [6, 6.07) is 4.59. The van der Waals surface area contributed by atoms with Crippen molar-refractivity contribution in [1.82, 2.24) is 14.9 Å². The van der Waals surface area contributed by atoms with Crippen LogP contribution in [0.5, 0.6) is 5.75 Å². The van der Waals surface area contributed by atoms with E-state index >= 15 is 0 Å². The zero-order valence-electron chi connectivity index (χ0n) is 14.8. The third kappa shape index (κ3) is 5.68. The molecule has 136 valence electrons. The van der Waals surface area contributed by atoms with Crippen LogP contribution in [0.25, 0.3) is 0 Å². The lowest BCUT2D eigenvalue weighted by Gasteiger charge is -2.19. The second-order valence-corrected chi connectivity index (χ2v) is 6.95. The summed E-state index contributed by atoms with van der Waals surface area (Å²) in [5.41, 5.74) is 0.726. The average molecular weight is 357 g/mol. The van der Waals surface area contributed by atoms with Crippen molar-refractivity contribution >= 4 is 16.1 Å². The number of carbonyl (C=O) groups is 1. The van der Waals surface area contributed by atoms with Crippen LogP contribution in [-0.2, 0) is 10.0 Å². The maximum Gasteiger partial charge on any atom is 0.317 e. The number of urea groups is 1. The molecule has 0 radical (unpaired) electrons. The van der Waals surface area contributed by atoms with Gasteiger partial charge in [-0.05, 0) is 44.5 Å². The molecule has 8 heteroatoms. The molecule has 0 unspecified atom stereocenters. The molecule has 0 fully saturated rings. The standard InChI is InChI=1S/C16H27N3O4S/c1-5-18-24(21,22)14-8-9-15(13(4)12-14)23-11-10-17-16(20)19(6-2)7-3/h8-9,12,18H,5-7,10-11H2,1-4H3,(H,17,20). The van der Waals surface area contributed by atoms with E-state index in [1.54, 1.807) is 30.9 Å². The first-order valence-electron chi connectivity index (χ1n) is 8.11. The second kappa shape index (κ2) is 9.48. The summed E-state index contributed by atoms with van der Waals surface area (Å²) in [6.07, 6.45) is 0. The van der Waals surface area contributed by atoms with Gasteiger partial charge in [0.1, 0.15) is 12.4 Å². The first-order chi connectivity index (χ1) is 11.4. The molecule has 0 heterocycles. The molecule has 2 N–H and O–H groups in total. The highest BCUT2D eigenvalue weighted by Crippen LogP contribution is 2.21. The van der Waals surface area contributed by atoms with Crippen molar-refractivity contribution in [3.05, 3.63) is 23.8 Å². The summed E-state index contributed by atoms with van der Waals surface area (Å²) < 4.78 is 32.0. The Morgan fingerprint density at radius 2 is 1.88 bits per heavy atom. The first-order valence-corrected chi connectivity index (χ1v) is 9.59. The highest BCUT2D eigenvalue weighted by molar-refractivity contribution is 7.89. The fraction of sp³-hybridized carbons (Fsp3) is 0.562. The molecule has 0 aliphatic rings. The molecule has 0 spiro atoms. The smallest absolute Gasteiger partial charge is 0.317 e. The lowest BCUT2D eigenvalue weighted by atomic mass is 10.2. The Labute approximate surface area is 144 Å². The highest BCUT2D eigenvalue weighted by Gasteiger charge is 2.14. The van der Waals surface area contributed by atoms with Gasteiger partial charge in [0, 0.05) is 19.6 Å². The number of ether oxygens (including phenoxy) is 1. The minimum absolute atomic E-state index is 0.118. The molecule has 0 aliphatic carbocycles. The van der Waals surface area contributed by atoms with Gasteiger partial charge in [-0.25, -0.2) is 17.9 Å². The Morgan fingerprint density at radius 1 is 1.21 bits per heavy atom. The molecule has 24 heavy (non-hydrogen) atoms. The monoisotopic (exact) mass is 357 g/mol. The Kier molecular flexibility index (Phi) is 8.00. The minimum Gasteiger partial charge on any atom is -0.491 e. The van der Waals surface area contributed by atoms with Crippen LogP contribution in [0.4, 0.5) is 4.79 Å². The number of aryl methyl sites for hydroxylation is 1. The summed E-state index contributed by atoms with van der Waals surface area (Å²) >= 11 is 0. The van der Waals surface area contributed by atoms with Crippen molar-refractivity contribution in [3.63, 3.8) is 0 Å². The van der Waals surface area contributed by atoms with E-state index in [1.807, 2.05) is 13.8 Å². The Morgan fingerprint density at radius 3 is 2.42 bits per heavy atom. The third-order valence-electron chi connectivity index (χ3n) is 3.48. The maximum absolute atomic E-state index is 11.9. The van der Waals surface area contributed by atoms with Gasteiger partial charge in [0.15, 0.2) is 0 Å². The van der Waals surface area contributed by atoms with Gasteiger partial charge in [0.25, 0.3) is 0 Å². The largest absolute Gasteiger partial charge is 0.491 e. The molecule has 2 amide bonds. The minimum atomic E-state index is -3.47. The van der Waals surface area contributed by atoms with Crippen molar-refractivity contribution < 1.29 is 17.9 Å². The summed E-state index contributed by atoms with van der Waals surface area (Å²) in [5, 5.41) is 2.78. The SMILES string of the molecule is CCNS(=O)(=O)c1ccc(OCCNC(=O)N(CC)CC)c(C)c1. The lowest BCUT2D eigenvalue weighted by molar-refractivity contribution is 0.200. The van der Waals surface area contributed by atoms with Crippen LogP contribution < -0.4 is 14.8 Å². The first kappa shape index (κ1) is 20.2. The molecule has 0 aliphatic heterocycles. The summed E-state index contributed by atoms with van der Waals surface area (Å²) in [7, 11) is -3.47. The van der Waals surface area contributed by atoms with E-state index in [9.17, 15) is 13.2 Å². The van der Waals surface area contributed by atoms with E-state index in [0.717, 1.165) is 5.56 Å². The van der Waals surface area contributed by atoms with Crippen molar-refractivity contribution in [2.75, 3.05) is 32.8 Å². The number of nitrogens with one attached hydrogen (secondary N) is 2. The zero-order valence-corrected chi connectivity index (χ0v) is 15.6. The number of amides is 2. The summed E-state index contributed by atoms with van der Waals surface area (Å²) in [6.45, 7) is 9.71. The van der Waals surface area contributed by atoms with Gasteiger partial charge in [0.2, 0.25) is 10.0 Å². The fourth-order valence-corrected chi connectivity index (χ4v) is 3.29. The molecule has 0 saturated heterocycles. The van der Waals surface area contributed by atoms with Crippen LogP contribution in [0.2, 0.25) is 0 Å². The van der Waals surface area contributed by atoms with Crippen LogP contribution in [0.3, 0.4) is 0 Å². The predicted molar refractivity (Wildman–Crippen MR) is 93.9 cm³/mol. The molecule has 1 aromatic carbocycles. The van der Waals surface area contributed by atoms with Crippen LogP contribution in [0.1, 0.15) is 26.3 Å². The number of sulfonamides is 1. The van der Waals surface area contributed by atoms with Gasteiger partial charge in [-0.3, -0.25) is 0 Å². The van der Waals surface area contributed by atoms with Crippen molar-refractivity contribution in [2.45, 2.75) is 32.6 Å². The van der Waals surface area contributed by atoms with E-state index in [-0.39, 0.29) is 10.9 Å². The fourth-order valence-electron chi connectivity index (χ4n) is 2.17. The Balaban J connectivity index is 2.57. The molecule has 0 bridgehead atoms. The Bertz CT molecular complexity index is 643. The van der Waals surface area contributed by atoms with Gasteiger partial charge >= 0.3 is 6.03 Å². The van der Waals surface area contributed by atoms with Gasteiger partial charge in [-0.15, -0.1) is 0 Å². The van der Waals surface area contributed by atoms with Gasteiger partial charge < -0.3 is 15.0 Å². The normalized spacial score (nSPS) is 11.2. The van der Waals surface area contributed by atoms with E-state index in [1.165, 1.54) is 6.07 Å². The van der Waals surface area contributed by atoms with Gasteiger partial charge in [-0.2, -0.15) is 0 Å². The maximum atomic E-state index is 11.9. The number of rotatable bonds is 9. The number of carbonyl (C=O) groups excluding carboxylic acids is 1. The van der Waals surface area contributed by atoms with Gasteiger partial charge in [0.05, 0.1) is 11.4 Å². The molecular weight excluding hydrogens is 330 g/mol. The topological polar surface area (TPSA) is 87.7 Å². The quantitative estimate of drug-likeness (QED) is 0.659. The highest BCUT2D eigenvalue weighted by atomic mass is 32.2. The summed E-state index contributed by atoms with van der Waals surface area (Å²) in [4.78, 5) is 13.7. The summed E-state index contributed by atoms with van der Waals surface area (Å²) in [5.74, 6) is 0.600. The molecule has 1 aromatic rings. The molecule has 7 nitrogen and oxygen atoms in total. The molecule has 1 rings (SSSR count). The van der Waals surface area contributed by atoms with Crippen LogP contribution in [0.15, 0.2) is 23.1 Å². The van der Waals surface area contributed by atoms with Gasteiger partial charge in [-0.1, -0.05) is 6.92 Å². The van der Waals surface area contributed by atoms with Crippen LogP contribution in [0, 0.1) is 6.92 Å². The van der Waals surface area contributed by atoms with E-state index in [4.69, 9.17) is 4.74 Å². The molecule has 0 saturated carbocycles. The third-order valence-corrected chi connectivity index (χ3v) is 5.02. The number of hydrogen-bond donors (Lipinski definition) is 2. The molecular formula is C16H27N3O4S. The van der Waals surface area contributed by atoms with Crippen molar-refractivity contribution in [3.8, 4) is 5.75 Å². The number of hydrogen-bond acceptors (Lipinski definition) is 4. The predicted octanol–water partition coefficient (Wildman–Crippen LogP) is 1.72.